The zero-order chi connectivity index (χ0) is 15.1. The fourth-order valence-electron chi connectivity index (χ4n) is 1.80. The minimum Gasteiger partial charge on any atom is -0.491 e. The molecule has 0 unspecified atom stereocenters. The molecule has 0 spiro atoms. The van der Waals surface area contributed by atoms with E-state index in [2.05, 4.69) is 15.9 Å². The third kappa shape index (κ3) is 5.51. The summed E-state index contributed by atoms with van der Waals surface area (Å²) < 4.78 is 12.1. The summed E-state index contributed by atoms with van der Waals surface area (Å²) in [6.07, 6.45) is 0. The van der Waals surface area contributed by atoms with Gasteiger partial charge in [-0.2, -0.15) is 0 Å². The second kappa shape index (κ2) is 8.19. The minimum absolute atomic E-state index is 0.402. The number of ether oxygens (including phenoxy) is 2. The SMILES string of the molecule is OB(O)c1cccc(OCCOCc2cccc(Br)c2)c1. The van der Waals surface area contributed by atoms with Crippen LogP contribution in [0.2, 0.25) is 0 Å². The van der Waals surface area contributed by atoms with E-state index in [-0.39, 0.29) is 0 Å². The second-order valence-corrected chi connectivity index (χ2v) is 5.39. The molecule has 0 aliphatic heterocycles. The highest BCUT2D eigenvalue weighted by atomic mass is 79.9. The molecule has 0 aliphatic carbocycles. The number of benzene rings is 2. The molecular weight excluding hydrogens is 335 g/mol. The van der Waals surface area contributed by atoms with Crippen LogP contribution in [0.1, 0.15) is 5.56 Å². The van der Waals surface area contributed by atoms with Gasteiger partial charge >= 0.3 is 7.12 Å². The van der Waals surface area contributed by atoms with E-state index >= 15 is 0 Å². The second-order valence-electron chi connectivity index (χ2n) is 4.48. The zero-order valence-electron chi connectivity index (χ0n) is 11.4. The Labute approximate surface area is 132 Å². The average molecular weight is 351 g/mol. The van der Waals surface area contributed by atoms with Gasteiger partial charge in [-0.1, -0.05) is 40.2 Å². The van der Waals surface area contributed by atoms with Gasteiger partial charge in [-0.25, -0.2) is 0 Å². The molecule has 2 aromatic carbocycles. The molecule has 0 bridgehead atoms. The van der Waals surface area contributed by atoms with Crippen LogP contribution in [-0.2, 0) is 11.3 Å². The molecule has 0 radical (unpaired) electrons. The zero-order valence-corrected chi connectivity index (χ0v) is 13.0. The molecule has 110 valence electrons. The van der Waals surface area contributed by atoms with Crippen LogP contribution in [0.3, 0.4) is 0 Å². The van der Waals surface area contributed by atoms with E-state index < -0.39 is 7.12 Å². The van der Waals surface area contributed by atoms with Gasteiger partial charge in [0.1, 0.15) is 12.4 Å². The van der Waals surface area contributed by atoms with Crippen LogP contribution < -0.4 is 10.2 Å². The van der Waals surface area contributed by atoms with E-state index in [1.807, 2.05) is 24.3 Å². The summed E-state index contributed by atoms with van der Waals surface area (Å²) in [5.41, 5.74) is 1.50. The van der Waals surface area contributed by atoms with E-state index in [0.717, 1.165) is 10.0 Å². The fraction of sp³-hybridized carbons (Fsp3) is 0.200. The number of halogens is 1. The van der Waals surface area contributed by atoms with Crippen LogP contribution in [0, 0.1) is 0 Å². The van der Waals surface area contributed by atoms with Crippen LogP contribution in [0.4, 0.5) is 0 Å². The predicted molar refractivity (Wildman–Crippen MR) is 85.6 cm³/mol. The van der Waals surface area contributed by atoms with Gasteiger partial charge in [-0.15, -0.1) is 0 Å². The topological polar surface area (TPSA) is 58.9 Å². The first-order chi connectivity index (χ1) is 10.1. The minimum atomic E-state index is -1.48. The highest BCUT2D eigenvalue weighted by Crippen LogP contribution is 2.12. The Bertz CT molecular complexity index is 577. The van der Waals surface area contributed by atoms with Gasteiger partial charge in [0, 0.05) is 4.47 Å². The van der Waals surface area contributed by atoms with Crippen molar-refractivity contribution in [3.8, 4) is 5.75 Å². The molecule has 0 heterocycles. The molecule has 0 aliphatic rings. The molecule has 4 nitrogen and oxygen atoms in total. The molecule has 0 saturated carbocycles. The Kier molecular flexibility index (Phi) is 6.26. The van der Waals surface area contributed by atoms with Crippen LogP contribution in [0.5, 0.6) is 5.75 Å². The van der Waals surface area contributed by atoms with Crippen molar-refractivity contribution in [3.63, 3.8) is 0 Å². The monoisotopic (exact) mass is 350 g/mol. The van der Waals surface area contributed by atoms with Gasteiger partial charge in [-0.3, -0.25) is 0 Å². The van der Waals surface area contributed by atoms with E-state index in [9.17, 15) is 0 Å². The Balaban J connectivity index is 1.71. The van der Waals surface area contributed by atoms with E-state index in [1.165, 1.54) is 0 Å². The summed E-state index contributed by atoms with van der Waals surface area (Å²) in [7, 11) is -1.48. The van der Waals surface area contributed by atoms with Gasteiger partial charge in [0.05, 0.1) is 13.2 Å². The lowest BCUT2D eigenvalue weighted by molar-refractivity contribution is 0.0889. The summed E-state index contributed by atoms with van der Waals surface area (Å²) >= 11 is 3.41. The quantitative estimate of drug-likeness (QED) is 0.589. The van der Waals surface area contributed by atoms with Crippen molar-refractivity contribution in [3.05, 3.63) is 58.6 Å². The third-order valence-electron chi connectivity index (χ3n) is 2.81. The summed E-state index contributed by atoms with van der Waals surface area (Å²) in [6.45, 7) is 1.38. The maximum atomic E-state index is 9.08. The smallest absolute Gasteiger partial charge is 0.488 e. The van der Waals surface area contributed by atoms with Crippen molar-refractivity contribution in [2.75, 3.05) is 13.2 Å². The van der Waals surface area contributed by atoms with Gasteiger partial charge in [0.25, 0.3) is 0 Å². The molecule has 0 atom stereocenters. The Morgan fingerprint density at radius 2 is 1.81 bits per heavy atom. The average Bonchev–Trinajstić information content (AvgIpc) is 2.47. The van der Waals surface area contributed by atoms with Gasteiger partial charge in [0.15, 0.2) is 0 Å². The van der Waals surface area contributed by atoms with Crippen LogP contribution in [0.15, 0.2) is 53.0 Å². The maximum Gasteiger partial charge on any atom is 0.488 e. The van der Waals surface area contributed by atoms with Gasteiger partial charge < -0.3 is 19.5 Å². The van der Waals surface area contributed by atoms with Crippen molar-refractivity contribution in [2.45, 2.75) is 6.61 Å². The fourth-order valence-corrected chi connectivity index (χ4v) is 2.25. The molecule has 0 fully saturated rings. The normalized spacial score (nSPS) is 10.4. The number of rotatable bonds is 7. The lowest BCUT2D eigenvalue weighted by Crippen LogP contribution is -2.29. The molecule has 21 heavy (non-hydrogen) atoms. The van der Waals surface area contributed by atoms with Crippen molar-refractivity contribution in [2.24, 2.45) is 0 Å². The van der Waals surface area contributed by atoms with Gasteiger partial charge in [0.2, 0.25) is 0 Å². The Morgan fingerprint density at radius 3 is 2.57 bits per heavy atom. The van der Waals surface area contributed by atoms with Crippen LogP contribution in [-0.4, -0.2) is 30.4 Å². The Morgan fingerprint density at radius 1 is 1.00 bits per heavy atom. The summed E-state index contributed by atoms with van der Waals surface area (Å²) in [5.74, 6) is 0.589. The summed E-state index contributed by atoms with van der Waals surface area (Å²) in [4.78, 5) is 0. The van der Waals surface area contributed by atoms with Crippen LogP contribution in [0.25, 0.3) is 0 Å². The number of hydrogen-bond acceptors (Lipinski definition) is 4. The van der Waals surface area contributed by atoms with E-state index in [4.69, 9.17) is 19.5 Å². The van der Waals surface area contributed by atoms with Gasteiger partial charge in [-0.05, 0) is 35.3 Å². The highest BCUT2D eigenvalue weighted by molar-refractivity contribution is 9.10. The predicted octanol–water partition coefficient (Wildman–Crippen LogP) is 1.72. The molecule has 6 heteroatoms. The lowest BCUT2D eigenvalue weighted by atomic mass is 9.80. The number of hydrogen-bond donors (Lipinski definition) is 2. The largest absolute Gasteiger partial charge is 0.491 e. The molecule has 2 N–H and O–H groups in total. The highest BCUT2D eigenvalue weighted by Gasteiger charge is 2.10. The molecule has 0 aromatic heterocycles. The molecule has 2 rings (SSSR count). The molecule has 2 aromatic rings. The first kappa shape index (κ1) is 16.0. The van der Waals surface area contributed by atoms with Crippen molar-refractivity contribution in [1.29, 1.82) is 0 Å². The molecule has 0 saturated heterocycles. The molecule has 0 amide bonds. The Hall–Kier alpha value is -1.34. The summed E-state index contributed by atoms with van der Waals surface area (Å²) in [5, 5.41) is 18.2. The molecular formula is C15H16BBrO4. The van der Waals surface area contributed by atoms with Crippen molar-refractivity contribution in [1.82, 2.24) is 0 Å². The van der Waals surface area contributed by atoms with Crippen molar-refractivity contribution >= 4 is 28.5 Å². The van der Waals surface area contributed by atoms with E-state index in [0.29, 0.717) is 31.0 Å². The lowest BCUT2D eigenvalue weighted by Gasteiger charge is -2.09. The standard InChI is InChI=1S/C15H16BBrO4/c17-14-5-1-3-12(9-14)11-20-7-8-21-15-6-2-4-13(10-15)16(18)19/h1-6,9-10,18-19H,7-8,11H2. The maximum absolute atomic E-state index is 9.08. The first-order valence-electron chi connectivity index (χ1n) is 6.56. The van der Waals surface area contributed by atoms with E-state index in [1.54, 1.807) is 24.3 Å². The van der Waals surface area contributed by atoms with Crippen molar-refractivity contribution < 1.29 is 19.5 Å². The third-order valence-corrected chi connectivity index (χ3v) is 3.30. The first-order valence-corrected chi connectivity index (χ1v) is 7.35. The van der Waals surface area contributed by atoms with Crippen LogP contribution >= 0.6 is 15.9 Å². The summed E-state index contributed by atoms with van der Waals surface area (Å²) in [6, 6.07) is 14.6.